The van der Waals surface area contributed by atoms with Gasteiger partial charge in [0, 0.05) is 5.56 Å². The average Bonchev–Trinajstić information content (AvgIpc) is 2.78. The molecule has 0 saturated heterocycles. The fraction of sp³-hybridized carbons (Fsp3) is 0.296. The van der Waals surface area contributed by atoms with E-state index in [4.69, 9.17) is 5.26 Å². The van der Waals surface area contributed by atoms with Crippen LogP contribution in [0.5, 0.6) is 0 Å². The topological polar surface area (TPSA) is 23.8 Å². The Kier molecular flexibility index (Phi) is 6.13. The molecule has 1 nitrogen and oxygen atoms in total. The number of halogens is 3. The van der Waals surface area contributed by atoms with Gasteiger partial charge >= 0.3 is 0 Å². The van der Waals surface area contributed by atoms with Gasteiger partial charge in [-0.25, -0.2) is 13.2 Å². The molecule has 31 heavy (non-hydrogen) atoms. The van der Waals surface area contributed by atoms with E-state index in [1.807, 2.05) is 24.3 Å². The smallest absolute Gasteiger partial charge is 0.141 e. The molecule has 3 aromatic carbocycles. The second-order valence-corrected chi connectivity index (χ2v) is 8.17. The molecule has 0 bridgehead atoms. The molecule has 1 aliphatic rings. The van der Waals surface area contributed by atoms with Gasteiger partial charge in [-0.05, 0) is 77.3 Å². The summed E-state index contributed by atoms with van der Waals surface area (Å²) >= 11 is 0. The minimum Gasteiger partial charge on any atom is -0.207 e. The lowest BCUT2D eigenvalue weighted by molar-refractivity contribution is 0.533. The van der Waals surface area contributed by atoms with Crippen LogP contribution in [0.1, 0.15) is 54.9 Å². The van der Waals surface area contributed by atoms with Gasteiger partial charge in [0.2, 0.25) is 0 Å². The van der Waals surface area contributed by atoms with Crippen LogP contribution < -0.4 is 0 Å². The summed E-state index contributed by atoms with van der Waals surface area (Å²) in [5.41, 5.74) is 4.74. The van der Waals surface area contributed by atoms with Crippen molar-refractivity contribution in [2.24, 2.45) is 0 Å². The maximum atomic E-state index is 15.2. The van der Waals surface area contributed by atoms with Crippen LogP contribution >= 0.6 is 0 Å². The van der Waals surface area contributed by atoms with Crippen molar-refractivity contribution in [3.8, 4) is 28.3 Å². The Morgan fingerprint density at radius 1 is 0.839 bits per heavy atom. The van der Waals surface area contributed by atoms with Gasteiger partial charge in [0.1, 0.15) is 23.5 Å². The summed E-state index contributed by atoms with van der Waals surface area (Å²) in [6.07, 6.45) is 5.53. The molecule has 0 aromatic heterocycles. The molecule has 0 heterocycles. The molecule has 0 spiro atoms. The molecule has 3 aromatic rings. The first-order chi connectivity index (χ1) is 15.0. The summed E-state index contributed by atoms with van der Waals surface area (Å²) in [4.78, 5) is 0. The third-order valence-electron chi connectivity index (χ3n) is 6.16. The number of benzene rings is 3. The Balaban J connectivity index is 1.67. The molecular weight excluding hydrogens is 395 g/mol. The summed E-state index contributed by atoms with van der Waals surface area (Å²) in [5.74, 6) is -1.42. The first-order valence-electron chi connectivity index (χ1n) is 10.9. The number of unbranched alkanes of at least 4 members (excludes halogenated alkanes) is 3. The highest BCUT2D eigenvalue weighted by Gasteiger charge is 2.24. The average molecular weight is 419 g/mol. The summed E-state index contributed by atoms with van der Waals surface area (Å²) < 4.78 is 44.0. The van der Waals surface area contributed by atoms with Crippen LogP contribution in [-0.2, 0) is 19.3 Å². The lowest BCUT2D eigenvalue weighted by Crippen LogP contribution is -2.10. The van der Waals surface area contributed by atoms with Gasteiger partial charge in [0.15, 0.2) is 0 Å². The first kappa shape index (κ1) is 21.2. The first-order valence-corrected chi connectivity index (χ1v) is 10.9. The van der Waals surface area contributed by atoms with Crippen LogP contribution in [0.2, 0.25) is 0 Å². The van der Waals surface area contributed by atoms with E-state index in [-0.39, 0.29) is 11.1 Å². The number of nitriles is 1. The highest BCUT2D eigenvalue weighted by atomic mass is 19.1. The van der Waals surface area contributed by atoms with E-state index in [0.29, 0.717) is 36.0 Å². The molecule has 0 N–H and O–H groups in total. The van der Waals surface area contributed by atoms with E-state index >= 15 is 4.39 Å². The molecular formula is C27H24F3N. The van der Waals surface area contributed by atoms with Gasteiger partial charge in [0.05, 0.1) is 5.56 Å². The van der Waals surface area contributed by atoms with E-state index in [0.717, 1.165) is 42.4 Å². The fourth-order valence-corrected chi connectivity index (χ4v) is 4.44. The zero-order chi connectivity index (χ0) is 22.0. The second-order valence-electron chi connectivity index (χ2n) is 8.17. The highest BCUT2D eigenvalue weighted by molar-refractivity contribution is 5.78. The number of aryl methyl sites for hydroxylation is 1. The van der Waals surface area contributed by atoms with E-state index in [9.17, 15) is 8.78 Å². The van der Waals surface area contributed by atoms with Crippen LogP contribution in [0.3, 0.4) is 0 Å². The minimum absolute atomic E-state index is 0.00656. The largest absolute Gasteiger partial charge is 0.207 e. The number of hydrogen-bond donors (Lipinski definition) is 0. The van der Waals surface area contributed by atoms with Crippen molar-refractivity contribution >= 4 is 0 Å². The molecule has 4 rings (SSSR count). The number of hydrogen-bond acceptors (Lipinski definition) is 1. The van der Waals surface area contributed by atoms with Gasteiger partial charge in [-0.2, -0.15) is 5.26 Å². The molecule has 0 unspecified atom stereocenters. The Bertz CT molecular complexity index is 1170. The van der Waals surface area contributed by atoms with Crippen molar-refractivity contribution in [1.29, 1.82) is 5.26 Å². The number of rotatable bonds is 6. The van der Waals surface area contributed by atoms with Crippen LogP contribution in [0.4, 0.5) is 13.2 Å². The second kappa shape index (κ2) is 8.98. The van der Waals surface area contributed by atoms with Gasteiger partial charge in [-0.1, -0.05) is 50.5 Å². The van der Waals surface area contributed by atoms with Crippen molar-refractivity contribution in [2.45, 2.75) is 51.9 Å². The Morgan fingerprint density at radius 3 is 2.35 bits per heavy atom. The Hall–Kier alpha value is -3.06. The van der Waals surface area contributed by atoms with Gasteiger partial charge in [-0.15, -0.1) is 0 Å². The number of fused-ring (bicyclic) bond motifs is 3. The predicted molar refractivity (Wildman–Crippen MR) is 117 cm³/mol. The van der Waals surface area contributed by atoms with Crippen molar-refractivity contribution in [3.63, 3.8) is 0 Å². The predicted octanol–water partition coefficient (Wildman–Crippen LogP) is 7.53. The summed E-state index contributed by atoms with van der Waals surface area (Å²) in [7, 11) is 0. The van der Waals surface area contributed by atoms with Gasteiger partial charge < -0.3 is 0 Å². The van der Waals surface area contributed by atoms with Crippen molar-refractivity contribution in [2.75, 3.05) is 0 Å². The molecule has 0 radical (unpaired) electrons. The maximum absolute atomic E-state index is 15.2. The SMILES string of the molecule is CCCCCCc1c(F)cc2c(c1F)CCc1cc(-c3ccc(C#N)c(F)c3)ccc1-2. The lowest BCUT2D eigenvalue weighted by Gasteiger charge is -2.23. The number of nitrogens with zero attached hydrogens (tertiary/aromatic N) is 1. The van der Waals surface area contributed by atoms with Gasteiger partial charge in [-0.3, -0.25) is 0 Å². The third kappa shape index (κ3) is 4.10. The monoisotopic (exact) mass is 419 g/mol. The van der Waals surface area contributed by atoms with Crippen LogP contribution in [0.25, 0.3) is 22.3 Å². The summed E-state index contributed by atoms with van der Waals surface area (Å²) in [6, 6.07) is 13.5. The zero-order valence-electron chi connectivity index (χ0n) is 17.6. The van der Waals surface area contributed by atoms with Crippen molar-refractivity contribution < 1.29 is 13.2 Å². The molecule has 0 atom stereocenters. The molecule has 0 amide bonds. The lowest BCUT2D eigenvalue weighted by atomic mass is 9.82. The highest BCUT2D eigenvalue weighted by Crippen LogP contribution is 2.39. The quantitative estimate of drug-likeness (QED) is 0.379. The molecule has 0 fully saturated rings. The van der Waals surface area contributed by atoms with E-state index in [1.54, 1.807) is 6.07 Å². The van der Waals surface area contributed by atoms with Crippen molar-refractivity contribution in [3.05, 3.63) is 82.2 Å². The standard InChI is InChI=1S/C27H24F3N/c1-2-3-4-5-6-23-26(29)15-24-21-11-9-17(13-19(21)10-12-22(24)27(23)30)18-7-8-20(16-31)25(28)14-18/h7-9,11,13-15H,2-6,10,12H2,1H3. The molecule has 1 aliphatic carbocycles. The fourth-order valence-electron chi connectivity index (χ4n) is 4.44. The molecule has 0 aliphatic heterocycles. The van der Waals surface area contributed by atoms with Crippen LogP contribution in [0.15, 0.2) is 42.5 Å². The van der Waals surface area contributed by atoms with E-state index in [1.165, 1.54) is 18.2 Å². The molecule has 4 heteroatoms. The minimum atomic E-state index is -0.557. The zero-order valence-corrected chi connectivity index (χ0v) is 17.6. The van der Waals surface area contributed by atoms with Crippen molar-refractivity contribution in [1.82, 2.24) is 0 Å². The summed E-state index contributed by atoms with van der Waals surface area (Å²) in [6.45, 7) is 2.11. The van der Waals surface area contributed by atoms with Gasteiger partial charge in [0.25, 0.3) is 0 Å². The maximum Gasteiger partial charge on any atom is 0.141 e. The molecule has 0 saturated carbocycles. The van der Waals surface area contributed by atoms with E-state index in [2.05, 4.69) is 6.92 Å². The van der Waals surface area contributed by atoms with E-state index < -0.39 is 17.5 Å². The Labute approximate surface area is 181 Å². The molecule has 158 valence electrons. The van der Waals surface area contributed by atoms with Crippen LogP contribution in [0, 0.1) is 28.8 Å². The normalized spacial score (nSPS) is 12.2. The third-order valence-corrected chi connectivity index (χ3v) is 6.16. The van der Waals surface area contributed by atoms with Crippen LogP contribution in [-0.4, -0.2) is 0 Å². The summed E-state index contributed by atoms with van der Waals surface area (Å²) in [5, 5.41) is 8.92. The Morgan fingerprint density at radius 2 is 1.61 bits per heavy atom.